The van der Waals surface area contributed by atoms with Gasteiger partial charge in [0.05, 0.1) is 51.8 Å². The van der Waals surface area contributed by atoms with E-state index < -0.39 is 16.6 Å². The fourth-order valence-electron chi connectivity index (χ4n) is 15.5. The monoisotopic (exact) mass is 1490 g/mol. The van der Waals surface area contributed by atoms with Gasteiger partial charge in [0.15, 0.2) is 0 Å². The number of thiazole rings is 1. The third kappa shape index (κ3) is 25.2. The van der Waals surface area contributed by atoms with Crippen molar-refractivity contribution >= 4 is 82.1 Å². The van der Waals surface area contributed by atoms with E-state index in [0.29, 0.717) is 61.0 Å². The first-order valence-electron chi connectivity index (χ1n) is 39.3. The Hall–Kier alpha value is -5.21. The van der Waals surface area contributed by atoms with Crippen LogP contribution in [-0.4, -0.2) is 112 Å². The molecule has 6 aromatic carbocycles. The zero-order chi connectivity index (χ0) is 74.9. The molecule has 15 heteroatoms. The van der Waals surface area contributed by atoms with Crippen LogP contribution in [-0.2, 0) is 39.1 Å². The maximum Gasteiger partial charge on any atom is 0.261 e. The zero-order valence-corrected chi connectivity index (χ0v) is 68.7. The summed E-state index contributed by atoms with van der Waals surface area (Å²) in [6.45, 7) is 30.2. The molecule has 4 fully saturated rings. The Kier molecular flexibility index (Phi) is 33.6. The van der Waals surface area contributed by atoms with Crippen LogP contribution in [0.3, 0.4) is 0 Å². The number of carbonyl (C=O) groups excluding carboxylic acids is 2. The number of aliphatic hydroxyl groups is 2. The number of benzene rings is 6. The molecule has 7 aromatic rings. The molecule has 3 atom stereocenters. The Morgan fingerprint density at radius 1 is 0.462 bits per heavy atom. The second-order valence-corrected chi connectivity index (χ2v) is 42.8. The van der Waals surface area contributed by atoms with Crippen molar-refractivity contribution < 1.29 is 47.6 Å². The largest absolute Gasteiger partial charge is 0.489 e. The highest BCUT2D eigenvalue weighted by Gasteiger charge is 2.53. The van der Waals surface area contributed by atoms with Crippen molar-refractivity contribution in [2.45, 2.75) is 283 Å². The lowest BCUT2D eigenvalue weighted by molar-refractivity contribution is -0.119. The van der Waals surface area contributed by atoms with Crippen LogP contribution >= 0.6 is 22.9 Å². The fraction of sp³-hybridized carbons (Fsp3) is 0.562. The molecule has 0 spiro atoms. The summed E-state index contributed by atoms with van der Waals surface area (Å²) in [5.74, 6) is 2.78. The van der Waals surface area contributed by atoms with E-state index in [-0.39, 0.29) is 64.2 Å². The summed E-state index contributed by atoms with van der Waals surface area (Å²) in [6.07, 6.45) is 20.3. The number of ether oxygens (including phenoxy) is 4. The van der Waals surface area contributed by atoms with E-state index in [0.717, 1.165) is 137 Å². The second-order valence-electron chi connectivity index (χ2n) is 32.9. The van der Waals surface area contributed by atoms with Crippen molar-refractivity contribution in [2.24, 2.45) is 17.8 Å². The molecule has 1 aromatic heterocycles. The Balaban J connectivity index is 0.000000182. The smallest absolute Gasteiger partial charge is 0.261 e. The molecule has 0 unspecified atom stereocenters. The number of hydrogen-bond acceptors (Lipinski definition) is 12. The molecular formula is C89H126ClNO10SSi2. The van der Waals surface area contributed by atoms with Gasteiger partial charge in [0.2, 0.25) is 0 Å². The Labute approximate surface area is 636 Å². The molecule has 568 valence electrons. The quantitative estimate of drug-likeness (QED) is 0.0475. The number of ketones is 2. The van der Waals surface area contributed by atoms with Crippen molar-refractivity contribution in [3.8, 4) is 5.75 Å². The lowest BCUT2D eigenvalue weighted by Crippen LogP contribution is -2.67. The first-order chi connectivity index (χ1) is 49.7. The SMILES string of the molecule is CC(=O)C[C@@H](C)COC1CCC(O)CC1.CC(=O)C[C@@H](C)COC1CCC(Oc2ccc3nc(C(C)C)sc3c2Cl)CC1.CC(C)(C)[Si](OC1CCC(O)CC1)(c1ccccc1)c1ccccc1.C[C@H](CCc1ccccc1)COC1CCC(O[Si](c2ccccc2)(c2ccccc2)C(C)(C)C)CC1. The van der Waals surface area contributed by atoms with Crippen molar-refractivity contribution in [3.05, 3.63) is 179 Å². The number of aromatic nitrogens is 1. The van der Waals surface area contributed by atoms with Crippen LogP contribution in [0.15, 0.2) is 164 Å². The lowest BCUT2D eigenvalue weighted by atomic mass is 9.94. The molecule has 11 rings (SSSR count). The predicted octanol–water partition coefficient (Wildman–Crippen LogP) is 19.3. The fourth-order valence-corrected chi connectivity index (χ4v) is 26.3. The average molecular weight is 1490 g/mol. The van der Waals surface area contributed by atoms with Crippen molar-refractivity contribution in [2.75, 3.05) is 19.8 Å². The maximum atomic E-state index is 11.2. The average Bonchev–Trinajstić information content (AvgIpc) is 1.04. The molecule has 0 saturated heterocycles. The van der Waals surface area contributed by atoms with E-state index in [9.17, 15) is 19.8 Å². The zero-order valence-electron chi connectivity index (χ0n) is 65.2. The molecule has 0 radical (unpaired) electrons. The molecule has 11 nitrogen and oxygen atoms in total. The third-order valence-corrected chi connectivity index (χ3v) is 33.3. The van der Waals surface area contributed by atoms with Crippen LogP contribution in [0.4, 0.5) is 0 Å². The summed E-state index contributed by atoms with van der Waals surface area (Å²) >= 11 is 8.28. The summed E-state index contributed by atoms with van der Waals surface area (Å²) in [5, 5.41) is 26.4. The van der Waals surface area contributed by atoms with Gasteiger partial charge in [0.25, 0.3) is 16.6 Å². The molecule has 0 aliphatic heterocycles. The Bertz CT molecular complexity index is 3500. The maximum absolute atomic E-state index is 11.2. The van der Waals surface area contributed by atoms with Gasteiger partial charge in [-0.25, -0.2) is 4.98 Å². The summed E-state index contributed by atoms with van der Waals surface area (Å²) in [4.78, 5) is 26.7. The lowest BCUT2D eigenvalue weighted by Gasteiger charge is -2.46. The summed E-state index contributed by atoms with van der Waals surface area (Å²) in [7, 11) is -4.92. The molecule has 4 aliphatic rings. The van der Waals surface area contributed by atoms with E-state index in [1.807, 2.05) is 19.1 Å². The van der Waals surface area contributed by atoms with E-state index >= 15 is 0 Å². The van der Waals surface area contributed by atoms with Gasteiger partial charge in [-0.05, 0) is 196 Å². The van der Waals surface area contributed by atoms with Crippen molar-refractivity contribution in [3.63, 3.8) is 0 Å². The number of fused-ring (bicyclic) bond motifs is 1. The van der Waals surface area contributed by atoms with E-state index in [1.165, 1.54) is 32.7 Å². The van der Waals surface area contributed by atoms with E-state index in [2.05, 4.69) is 226 Å². The van der Waals surface area contributed by atoms with Gasteiger partial charge in [0, 0.05) is 50.8 Å². The molecule has 0 amide bonds. The number of Topliss-reactive ketones (excluding diaryl/α,β-unsaturated/α-hetero) is 2. The van der Waals surface area contributed by atoms with Crippen molar-refractivity contribution in [1.29, 1.82) is 0 Å². The molecule has 4 saturated carbocycles. The number of aryl methyl sites for hydroxylation is 1. The van der Waals surface area contributed by atoms with Gasteiger partial charge in [-0.3, -0.25) is 0 Å². The third-order valence-electron chi connectivity index (χ3n) is 21.2. The topological polar surface area (TPSA) is 143 Å². The van der Waals surface area contributed by atoms with Crippen LogP contribution in [0.1, 0.15) is 228 Å². The Morgan fingerprint density at radius 3 is 1.14 bits per heavy atom. The molecule has 1 heterocycles. The highest BCUT2D eigenvalue weighted by molar-refractivity contribution is 7.19. The number of nitrogens with zero attached hydrogens (tertiary/aromatic N) is 1. The minimum Gasteiger partial charge on any atom is -0.489 e. The van der Waals surface area contributed by atoms with E-state index in [4.69, 9.17) is 39.4 Å². The van der Waals surface area contributed by atoms with Gasteiger partial charge in [-0.2, -0.15) is 0 Å². The normalized spacial score (nSPS) is 21.9. The van der Waals surface area contributed by atoms with Crippen LogP contribution in [0.25, 0.3) is 10.2 Å². The van der Waals surface area contributed by atoms with E-state index in [1.54, 1.807) is 25.2 Å². The van der Waals surface area contributed by atoms with Crippen LogP contribution < -0.4 is 25.5 Å². The summed E-state index contributed by atoms with van der Waals surface area (Å²) in [5.41, 5.74) is 2.37. The summed E-state index contributed by atoms with van der Waals surface area (Å²) in [6, 6.07) is 58.4. The van der Waals surface area contributed by atoms with Gasteiger partial charge in [-0.1, -0.05) is 239 Å². The number of halogens is 1. The summed E-state index contributed by atoms with van der Waals surface area (Å²) < 4.78 is 39.8. The standard InChI is InChI=1S/C33H44O2Si.C22H30ClNO3S.C22H30O2Si.C12H22O3/c1-27(20-21-28-14-8-5-9-15-28)26-34-29-22-24-30(25-23-29)35-36(33(2,3)4,31-16-10-6-11-17-31)32-18-12-7-13-19-32;1-13(2)22-24-18-9-10-19(20(23)21(18)28-22)27-17-7-5-16(6-8-17)26-12-14(3)11-15(4)25;1-22(2,3)25(20-10-6-4-7-11-20,21-12-8-5-9-13-21)24-19-16-14-18(23)15-17-19;1-9(7-10(2)13)8-15-12-5-3-11(14)4-6-12/h5-19,27,29-30H,20-26H2,1-4H3;9-10,13-14,16-17H,5-8,11-12H2,1-4H3;4-13,18-19,23H,14-17H2,1-3H3;9,11-12,14H,3-8H2,1-2H3/t27-,29?,30?;14-,16?,17?;;9-,11?,12?/m11.1/s1. The number of carbonyl (C=O) groups is 2. The van der Waals surface area contributed by atoms with Crippen LogP contribution in [0, 0.1) is 17.8 Å². The number of hydrogen-bond donors (Lipinski definition) is 2. The van der Waals surface area contributed by atoms with Gasteiger partial charge < -0.3 is 47.6 Å². The molecule has 4 aliphatic carbocycles. The minimum atomic E-state index is -2.48. The van der Waals surface area contributed by atoms with Crippen molar-refractivity contribution in [1.82, 2.24) is 4.98 Å². The molecule has 0 bridgehead atoms. The highest BCUT2D eigenvalue weighted by atomic mass is 35.5. The first kappa shape index (κ1) is 84.4. The predicted molar refractivity (Wildman–Crippen MR) is 436 cm³/mol. The number of aliphatic hydroxyl groups excluding tert-OH is 2. The molecule has 2 N–H and O–H groups in total. The molecule has 104 heavy (non-hydrogen) atoms. The van der Waals surface area contributed by atoms with Gasteiger partial charge in [-0.15, -0.1) is 11.3 Å². The van der Waals surface area contributed by atoms with Gasteiger partial charge in [0.1, 0.15) is 22.3 Å². The van der Waals surface area contributed by atoms with Crippen LogP contribution in [0.5, 0.6) is 5.75 Å². The number of rotatable bonds is 27. The minimum absolute atomic E-state index is 0.0196. The van der Waals surface area contributed by atoms with Gasteiger partial charge >= 0.3 is 0 Å². The molecular weight excluding hydrogens is 1370 g/mol. The Morgan fingerprint density at radius 2 is 0.788 bits per heavy atom. The second kappa shape index (κ2) is 41.4. The first-order valence-corrected chi connectivity index (χ1v) is 44.3. The van der Waals surface area contributed by atoms with Crippen LogP contribution in [0.2, 0.25) is 15.1 Å². The highest BCUT2D eigenvalue weighted by Crippen LogP contribution is 2.43.